The van der Waals surface area contributed by atoms with E-state index < -0.39 is 0 Å². The van der Waals surface area contributed by atoms with Gasteiger partial charge in [-0.25, -0.2) is 0 Å². The molecule has 0 saturated carbocycles. The van der Waals surface area contributed by atoms with Crippen molar-refractivity contribution in [2.75, 3.05) is 13.1 Å². The van der Waals surface area contributed by atoms with Crippen molar-refractivity contribution in [3.63, 3.8) is 0 Å². The molecule has 1 aromatic rings. The summed E-state index contributed by atoms with van der Waals surface area (Å²) in [5.74, 6) is -0.0211. The van der Waals surface area contributed by atoms with Gasteiger partial charge in [-0.05, 0) is 24.6 Å². The molecule has 0 radical (unpaired) electrons. The van der Waals surface area contributed by atoms with Crippen molar-refractivity contribution in [2.45, 2.75) is 20.4 Å². The Bertz CT molecular complexity index is 364. The van der Waals surface area contributed by atoms with Gasteiger partial charge in [0.05, 0.1) is 0 Å². The van der Waals surface area contributed by atoms with Crippen LogP contribution in [0.4, 0.5) is 0 Å². The lowest BCUT2D eigenvalue weighted by molar-refractivity contribution is -0.135. The summed E-state index contributed by atoms with van der Waals surface area (Å²) in [7, 11) is 0. The number of amides is 1. The molecule has 0 aliphatic carbocycles. The number of carbonyl (C=O) groups excluding carboxylic acids is 1. The van der Waals surface area contributed by atoms with Gasteiger partial charge in [-0.2, -0.15) is 0 Å². The third-order valence-corrected chi connectivity index (χ3v) is 3.01. The maximum atomic E-state index is 12.0. The van der Waals surface area contributed by atoms with E-state index in [0.717, 1.165) is 5.56 Å². The third-order valence-electron chi connectivity index (χ3n) is 2.76. The topological polar surface area (TPSA) is 46.3 Å². The summed E-state index contributed by atoms with van der Waals surface area (Å²) < 4.78 is 0. The Hall–Kier alpha value is -1.06. The average molecular weight is 255 g/mol. The SMILES string of the molecule is CCN(Cc1ccc(Cl)cc1)C(=O)C(C)CN. The van der Waals surface area contributed by atoms with Gasteiger partial charge in [0.1, 0.15) is 0 Å². The van der Waals surface area contributed by atoms with E-state index in [1.807, 2.05) is 38.1 Å². The lowest BCUT2D eigenvalue weighted by atomic mass is 10.1. The van der Waals surface area contributed by atoms with Crippen LogP contribution in [0.15, 0.2) is 24.3 Å². The molecule has 0 saturated heterocycles. The highest BCUT2D eigenvalue weighted by atomic mass is 35.5. The van der Waals surface area contributed by atoms with Crippen molar-refractivity contribution >= 4 is 17.5 Å². The molecule has 4 heteroatoms. The molecule has 94 valence electrons. The first-order valence-corrected chi connectivity index (χ1v) is 6.19. The van der Waals surface area contributed by atoms with Gasteiger partial charge < -0.3 is 10.6 Å². The monoisotopic (exact) mass is 254 g/mol. The first kappa shape index (κ1) is 14.0. The van der Waals surface area contributed by atoms with Crippen LogP contribution in [0.2, 0.25) is 5.02 Å². The largest absolute Gasteiger partial charge is 0.338 e. The summed E-state index contributed by atoms with van der Waals surface area (Å²) >= 11 is 5.82. The normalized spacial score (nSPS) is 12.2. The number of halogens is 1. The van der Waals surface area contributed by atoms with E-state index in [9.17, 15) is 4.79 Å². The first-order chi connectivity index (χ1) is 8.08. The van der Waals surface area contributed by atoms with Gasteiger partial charge in [-0.1, -0.05) is 30.7 Å². The molecule has 0 aliphatic heterocycles. The lowest BCUT2D eigenvalue weighted by Gasteiger charge is -2.24. The number of carbonyl (C=O) groups is 1. The predicted molar refractivity (Wildman–Crippen MR) is 70.8 cm³/mol. The van der Waals surface area contributed by atoms with Crippen LogP contribution in [0.5, 0.6) is 0 Å². The van der Waals surface area contributed by atoms with Gasteiger partial charge in [-0.15, -0.1) is 0 Å². The summed E-state index contributed by atoms with van der Waals surface area (Å²) in [6.07, 6.45) is 0. The second kappa shape index (κ2) is 6.62. The van der Waals surface area contributed by atoms with E-state index in [2.05, 4.69) is 0 Å². The summed E-state index contributed by atoms with van der Waals surface area (Å²) in [5.41, 5.74) is 6.59. The molecule has 1 amide bonds. The Morgan fingerprint density at radius 1 is 1.41 bits per heavy atom. The number of hydrogen-bond donors (Lipinski definition) is 1. The Labute approximate surface area is 108 Å². The molecular weight excluding hydrogens is 236 g/mol. The minimum Gasteiger partial charge on any atom is -0.338 e. The Kier molecular flexibility index (Phi) is 5.45. The summed E-state index contributed by atoms with van der Waals surface area (Å²) in [5, 5.41) is 0.707. The van der Waals surface area contributed by atoms with Crippen molar-refractivity contribution in [2.24, 2.45) is 11.7 Å². The molecule has 1 atom stereocenters. The fourth-order valence-electron chi connectivity index (χ4n) is 1.57. The predicted octanol–water partition coefficient (Wildman–Crippen LogP) is 2.28. The number of hydrogen-bond acceptors (Lipinski definition) is 2. The Morgan fingerprint density at radius 3 is 2.47 bits per heavy atom. The van der Waals surface area contributed by atoms with Gasteiger partial charge >= 0.3 is 0 Å². The van der Waals surface area contributed by atoms with Crippen molar-refractivity contribution in [1.29, 1.82) is 0 Å². The van der Waals surface area contributed by atoms with Gasteiger partial charge in [0, 0.05) is 30.6 Å². The second-order valence-electron chi connectivity index (χ2n) is 4.12. The van der Waals surface area contributed by atoms with E-state index in [-0.39, 0.29) is 11.8 Å². The van der Waals surface area contributed by atoms with Gasteiger partial charge in [0.2, 0.25) is 5.91 Å². The van der Waals surface area contributed by atoms with Crippen LogP contribution >= 0.6 is 11.6 Å². The van der Waals surface area contributed by atoms with Crippen LogP contribution < -0.4 is 5.73 Å². The van der Waals surface area contributed by atoms with Crippen LogP contribution in [0, 0.1) is 5.92 Å². The minimum atomic E-state index is -0.123. The Balaban J connectivity index is 2.69. The highest BCUT2D eigenvalue weighted by Gasteiger charge is 2.17. The van der Waals surface area contributed by atoms with Crippen LogP contribution in [-0.4, -0.2) is 23.9 Å². The molecule has 0 fully saturated rings. The average Bonchev–Trinajstić information content (AvgIpc) is 2.36. The highest BCUT2D eigenvalue weighted by Crippen LogP contribution is 2.12. The quantitative estimate of drug-likeness (QED) is 0.876. The van der Waals surface area contributed by atoms with Gasteiger partial charge in [0.25, 0.3) is 0 Å². The van der Waals surface area contributed by atoms with Crippen LogP contribution in [0.1, 0.15) is 19.4 Å². The molecule has 17 heavy (non-hydrogen) atoms. The molecule has 1 unspecified atom stereocenters. The van der Waals surface area contributed by atoms with E-state index in [4.69, 9.17) is 17.3 Å². The second-order valence-corrected chi connectivity index (χ2v) is 4.55. The molecule has 0 aliphatic rings. The van der Waals surface area contributed by atoms with Crippen molar-refractivity contribution < 1.29 is 4.79 Å². The first-order valence-electron chi connectivity index (χ1n) is 5.81. The smallest absolute Gasteiger partial charge is 0.226 e. The molecule has 0 aromatic heterocycles. The minimum absolute atomic E-state index is 0.102. The summed E-state index contributed by atoms with van der Waals surface area (Å²) in [6, 6.07) is 7.54. The van der Waals surface area contributed by atoms with Crippen LogP contribution in [0.25, 0.3) is 0 Å². The number of rotatable bonds is 5. The van der Waals surface area contributed by atoms with Gasteiger partial charge in [-0.3, -0.25) is 4.79 Å². The molecule has 1 rings (SSSR count). The zero-order valence-electron chi connectivity index (χ0n) is 10.3. The van der Waals surface area contributed by atoms with E-state index in [1.54, 1.807) is 4.90 Å². The molecule has 3 nitrogen and oxygen atoms in total. The number of benzene rings is 1. The third kappa shape index (κ3) is 4.02. The van der Waals surface area contributed by atoms with E-state index in [0.29, 0.717) is 24.7 Å². The fourth-order valence-corrected chi connectivity index (χ4v) is 1.69. The van der Waals surface area contributed by atoms with Gasteiger partial charge in [0.15, 0.2) is 0 Å². The number of nitrogens with two attached hydrogens (primary N) is 1. The summed E-state index contributed by atoms with van der Waals surface area (Å²) in [6.45, 7) is 5.50. The standard InChI is InChI=1S/C13H19ClN2O/c1-3-16(13(17)10(2)8-15)9-11-4-6-12(14)7-5-11/h4-7,10H,3,8-9,15H2,1-2H3. The van der Waals surface area contributed by atoms with Crippen molar-refractivity contribution in [3.8, 4) is 0 Å². The molecule has 2 N–H and O–H groups in total. The van der Waals surface area contributed by atoms with E-state index >= 15 is 0 Å². The fraction of sp³-hybridized carbons (Fsp3) is 0.462. The molecule has 1 aromatic carbocycles. The van der Waals surface area contributed by atoms with E-state index in [1.165, 1.54) is 0 Å². The number of nitrogens with zero attached hydrogens (tertiary/aromatic N) is 1. The maximum Gasteiger partial charge on any atom is 0.226 e. The molecular formula is C13H19ClN2O. The lowest BCUT2D eigenvalue weighted by Crippen LogP contribution is -2.37. The van der Waals surface area contributed by atoms with Crippen LogP contribution in [0.3, 0.4) is 0 Å². The highest BCUT2D eigenvalue weighted by molar-refractivity contribution is 6.30. The maximum absolute atomic E-state index is 12.0. The van der Waals surface area contributed by atoms with Crippen molar-refractivity contribution in [3.05, 3.63) is 34.9 Å². The zero-order valence-corrected chi connectivity index (χ0v) is 11.1. The summed E-state index contributed by atoms with van der Waals surface area (Å²) in [4.78, 5) is 13.8. The molecule has 0 heterocycles. The molecule has 0 bridgehead atoms. The Morgan fingerprint density at radius 2 is 2.00 bits per heavy atom. The molecule has 0 spiro atoms. The van der Waals surface area contributed by atoms with Crippen molar-refractivity contribution in [1.82, 2.24) is 4.90 Å². The zero-order chi connectivity index (χ0) is 12.8. The van der Waals surface area contributed by atoms with Crippen LogP contribution in [-0.2, 0) is 11.3 Å².